The Morgan fingerprint density at radius 3 is 2.57 bits per heavy atom. The number of halogens is 1. The number of nitrogen functional groups attached to an aromatic ring is 1. The molecule has 0 aliphatic carbocycles. The van der Waals surface area contributed by atoms with Gasteiger partial charge >= 0.3 is 0 Å². The number of nitrogens with zero attached hydrogens (tertiary/aromatic N) is 1. The highest BCUT2D eigenvalue weighted by Crippen LogP contribution is 2.16. The van der Waals surface area contributed by atoms with E-state index in [4.69, 9.17) is 5.73 Å². The van der Waals surface area contributed by atoms with E-state index >= 15 is 0 Å². The van der Waals surface area contributed by atoms with Crippen molar-refractivity contribution < 1.29 is 9.18 Å². The number of amides is 1. The van der Waals surface area contributed by atoms with E-state index in [-0.39, 0.29) is 18.3 Å². The molecule has 0 atom stereocenters. The van der Waals surface area contributed by atoms with Crippen molar-refractivity contribution in [3.05, 3.63) is 59.9 Å². The maximum atomic E-state index is 13.5. The summed E-state index contributed by atoms with van der Waals surface area (Å²) in [5.41, 5.74) is 7.43. The van der Waals surface area contributed by atoms with Crippen LogP contribution in [0.2, 0.25) is 0 Å². The maximum Gasteiger partial charge on any atom is 0.238 e. The van der Waals surface area contributed by atoms with Crippen LogP contribution in [0.3, 0.4) is 0 Å². The fourth-order valence-electron chi connectivity index (χ4n) is 2.02. The van der Waals surface area contributed by atoms with Gasteiger partial charge in [0.15, 0.2) is 0 Å². The number of anilines is 2. The van der Waals surface area contributed by atoms with Crippen LogP contribution in [0.25, 0.3) is 0 Å². The Hall–Kier alpha value is -2.40. The molecule has 0 radical (unpaired) electrons. The van der Waals surface area contributed by atoms with Gasteiger partial charge in [0.05, 0.1) is 17.9 Å². The van der Waals surface area contributed by atoms with Gasteiger partial charge in [-0.25, -0.2) is 4.39 Å². The van der Waals surface area contributed by atoms with Gasteiger partial charge < -0.3 is 11.1 Å². The first-order chi connectivity index (χ1) is 10.1. The minimum Gasteiger partial charge on any atom is -0.397 e. The summed E-state index contributed by atoms with van der Waals surface area (Å²) in [5.74, 6) is -0.455. The summed E-state index contributed by atoms with van der Waals surface area (Å²) in [6.07, 6.45) is 0. The molecule has 1 amide bonds. The van der Waals surface area contributed by atoms with Gasteiger partial charge in [0, 0.05) is 12.1 Å². The molecule has 2 aromatic rings. The summed E-state index contributed by atoms with van der Waals surface area (Å²) in [7, 11) is 1.76. The molecule has 2 aromatic carbocycles. The highest BCUT2D eigenvalue weighted by molar-refractivity contribution is 5.95. The van der Waals surface area contributed by atoms with Gasteiger partial charge in [-0.2, -0.15) is 0 Å². The Bertz CT molecular complexity index is 630. The zero-order valence-corrected chi connectivity index (χ0v) is 11.8. The SMILES string of the molecule is CN(CC(=O)Nc1ccccc1N)Cc1ccccc1F. The van der Waals surface area contributed by atoms with Gasteiger partial charge in [0.2, 0.25) is 5.91 Å². The van der Waals surface area contributed by atoms with Crippen LogP contribution in [0.1, 0.15) is 5.56 Å². The zero-order chi connectivity index (χ0) is 15.2. The molecule has 2 rings (SSSR count). The van der Waals surface area contributed by atoms with Crippen LogP contribution in [0.15, 0.2) is 48.5 Å². The number of likely N-dealkylation sites (N-methyl/N-ethyl adjacent to an activating group) is 1. The van der Waals surface area contributed by atoms with Gasteiger partial charge in [0.1, 0.15) is 5.82 Å². The van der Waals surface area contributed by atoms with Gasteiger partial charge in [-0.1, -0.05) is 30.3 Å². The highest BCUT2D eigenvalue weighted by Gasteiger charge is 2.10. The topological polar surface area (TPSA) is 58.4 Å². The number of nitrogens with one attached hydrogen (secondary N) is 1. The van der Waals surface area contributed by atoms with E-state index in [9.17, 15) is 9.18 Å². The Morgan fingerprint density at radius 1 is 1.19 bits per heavy atom. The third-order valence-corrected chi connectivity index (χ3v) is 3.05. The quantitative estimate of drug-likeness (QED) is 0.831. The van der Waals surface area contributed by atoms with Crippen LogP contribution < -0.4 is 11.1 Å². The zero-order valence-electron chi connectivity index (χ0n) is 11.8. The highest BCUT2D eigenvalue weighted by atomic mass is 19.1. The molecule has 0 fully saturated rings. The first-order valence-electron chi connectivity index (χ1n) is 6.62. The molecule has 0 heterocycles. The van der Waals surface area contributed by atoms with E-state index in [0.29, 0.717) is 23.5 Å². The number of hydrogen-bond donors (Lipinski definition) is 2. The van der Waals surface area contributed by atoms with E-state index in [0.717, 1.165) is 0 Å². The second kappa shape index (κ2) is 6.85. The average molecular weight is 287 g/mol. The van der Waals surface area contributed by atoms with Gasteiger partial charge in [0.25, 0.3) is 0 Å². The summed E-state index contributed by atoms with van der Waals surface area (Å²) in [6.45, 7) is 0.521. The van der Waals surface area contributed by atoms with Gasteiger partial charge in [-0.05, 0) is 25.2 Å². The molecule has 0 aliphatic heterocycles. The summed E-state index contributed by atoms with van der Waals surface area (Å²) in [6, 6.07) is 13.6. The number of carbonyl (C=O) groups is 1. The van der Waals surface area contributed by atoms with E-state index in [1.165, 1.54) is 6.07 Å². The van der Waals surface area contributed by atoms with Crippen molar-refractivity contribution in [2.45, 2.75) is 6.54 Å². The molecule has 4 nitrogen and oxygen atoms in total. The van der Waals surface area contributed by atoms with Crippen molar-refractivity contribution in [1.29, 1.82) is 0 Å². The second-order valence-corrected chi connectivity index (χ2v) is 4.90. The van der Waals surface area contributed by atoms with Crippen molar-refractivity contribution in [3.63, 3.8) is 0 Å². The fourth-order valence-corrected chi connectivity index (χ4v) is 2.02. The third kappa shape index (κ3) is 4.29. The standard InChI is InChI=1S/C16H18FN3O/c1-20(10-12-6-2-3-7-13(12)17)11-16(21)19-15-9-5-4-8-14(15)18/h2-9H,10-11,18H2,1H3,(H,19,21). The molecule has 0 spiro atoms. The Morgan fingerprint density at radius 2 is 1.86 bits per heavy atom. The molecule has 110 valence electrons. The minimum absolute atomic E-state index is 0.155. The first kappa shape index (κ1) is 15.0. The molecule has 3 N–H and O–H groups in total. The minimum atomic E-state index is -0.267. The summed E-state index contributed by atoms with van der Waals surface area (Å²) in [4.78, 5) is 13.7. The van der Waals surface area contributed by atoms with Crippen LogP contribution in [0, 0.1) is 5.82 Å². The van der Waals surface area contributed by atoms with Crippen molar-refractivity contribution >= 4 is 17.3 Å². The molecule has 5 heteroatoms. The van der Waals surface area contributed by atoms with E-state index < -0.39 is 0 Å². The first-order valence-corrected chi connectivity index (χ1v) is 6.62. The van der Waals surface area contributed by atoms with Crippen LogP contribution in [0.4, 0.5) is 15.8 Å². The molecule has 0 aliphatic rings. The molecule has 0 saturated heterocycles. The summed E-state index contributed by atoms with van der Waals surface area (Å²) < 4.78 is 13.5. The number of carbonyl (C=O) groups excluding carboxylic acids is 1. The lowest BCUT2D eigenvalue weighted by atomic mass is 10.2. The van der Waals surface area contributed by atoms with Crippen LogP contribution in [0.5, 0.6) is 0 Å². The smallest absolute Gasteiger partial charge is 0.238 e. The normalized spacial score (nSPS) is 10.6. The Kier molecular flexibility index (Phi) is 4.90. The number of benzene rings is 2. The van der Waals surface area contributed by atoms with Crippen LogP contribution in [-0.4, -0.2) is 24.4 Å². The molecule has 0 bridgehead atoms. The van der Waals surface area contributed by atoms with Gasteiger partial charge in [-0.3, -0.25) is 9.69 Å². The van der Waals surface area contributed by atoms with E-state index in [1.807, 2.05) is 0 Å². The third-order valence-electron chi connectivity index (χ3n) is 3.05. The van der Waals surface area contributed by atoms with Crippen molar-refractivity contribution in [3.8, 4) is 0 Å². The van der Waals surface area contributed by atoms with Gasteiger partial charge in [-0.15, -0.1) is 0 Å². The number of hydrogen-bond acceptors (Lipinski definition) is 3. The second-order valence-electron chi connectivity index (χ2n) is 4.90. The Labute approximate surface area is 123 Å². The van der Waals surface area contributed by atoms with Crippen molar-refractivity contribution in [2.24, 2.45) is 0 Å². The van der Waals surface area contributed by atoms with E-state index in [2.05, 4.69) is 5.32 Å². The summed E-state index contributed by atoms with van der Waals surface area (Å²) in [5, 5.41) is 2.74. The largest absolute Gasteiger partial charge is 0.397 e. The van der Waals surface area contributed by atoms with Crippen molar-refractivity contribution in [1.82, 2.24) is 4.90 Å². The molecular weight excluding hydrogens is 269 g/mol. The lowest BCUT2D eigenvalue weighted by molar-refractivity contribution is -0.117. The number of rotatable bonds is 5. The van der Waals surface area contributed by atoms with E-state index in [1.54, 1.807) is 54.4 Å². The average Bonchev–Trinajstić information content (AvgIpc) is 2.44. The maximum absolute atomic E-state index is 13.5. The number of nitrogens with two attached hydrogens (primary N) is 1. The molecule has 21 heavy (non-hydrogen) atoms. The molecule has 0 saturated carbocycles. The van der Waals surface area contributed by atoms with Crippen LogP contribution in [-0.2, 0) is 11.3 Å². The predicted octanol–water partition coefficient (Wildman–Crippen LogP) is 2.48. The summed E-state index contributed by atoms with van der Waals surface area (Å²) >= 11 is 0. The predicted molar refractivity (Wildman–Crippen MR) is 82.2 cm³/mol. The number of para-hydroxylation sites is 2. The lowest BCUT2D eigenvalue weighted by Gasteiger charge is -2.17. The monoisotopic (exact) mass is 287 g/mol. The van der Waals surface area contributed by atoms with Crippen molar-refractivity contribution in [2.75, 3.05) is 24.6 Å². The molecule has 0 unspecified atom stereocenters. The van der Waals surface area contributed by atoms with Crippen LogP contribution >= 0.6 is 0 Å². The molecule has 0 aromatic heterocycles. The fraction of sp³-hybridized carbons (Fsp3) is 0.188. The Balaban J connectivity index is 1.91. The lowest BCUT2D eigenvalue weighted by Crippen LogP contribution is -2.30. The molecular formula is C16H18FN3O.